The highest BCUT2D eigenvalue weighted by atomic mass is 16.5. The highest BCUT2D eigenvalue weighted by molar-refractivity contribution is 5.82. The van der Waals surface area contributed by atoms with Gasteiger partial charge < -0.3 is 19.9 Å². The van der Waals surface area contributed by atoms with Gasteiger partial charge in [-0.15, -0.1) is 0 Å². The number of aliphatic imine (C=N–C) groups is 1. The first kappa shape index (κ1) is 16.9. The largest absolute Gasteiger partial charge is 0.493 e. The van der Waals surface area contributed by atoms with E-state index in [1.54, 1.807) is 39.7 Å². The summed E-state index contributed by atoms with van der Waals surface area (Å²) in [4.78, 5) is 13.6. The number of nitrogens with two attached hydrogens (primary N) is 1. The van der Waals surface area contributed by atoms with Crippen molar-refractivity contribution in [2.45, 2.75) is 5.79 Å². The number of ether oxygens (including phenoxy) is 3. The zero-order valence-corrected chi connectivity index (χ0v) is 14.4. The van der Waals surface area contributed by atoms with E-state index in [1.165, 1.54) is 0 Å². The molecule has 1 aliphatic rings. The molecule has 7 nitrogen and oxygen atoms in total. The molecule has 2 aromatic rings. The van der Waals surface area contributed by atoms with Gasteiger partial charge in [-0.05, 0) is 24.3 Å². The predicted molar refractivity (Wildman–Crippen MR) is 94.2 cm³/mol. The Kier molecular flexibility index (Phi) is 4.67. The van der Waals surface area contributed by atoms with Crippen molar-refractivity contribution >= 4 is 6.21 Å². The van der Waals surface area contributed by atoms with E-state index >= 15 is 0 Å². The first-order valence-electron chi connectivity index (χ1n) is 7.75. The van der Waals surface area contributed by atoms with Crippen molar-refractivity contribution in [1.29, 1.82) is 0 Å². The van der Waals surface area contributed by atoms with E-state index in [4.69, 9.17) is 19.9 Å². The van der Waals surface area contributed by atoms with E-state index in [9.17, 15) is 0 Å². The van der Waals surface area contributed by atoms with Gasteiger partial charge in [0.2, 0.25) is 5.75 Å². The van der Waals surface area contributed by atoms with Crippen LogP contribution in [0.25, 0.3) is 0 Å². The molecular formula is C18H20N4O3. The fourth-order valence-electron chi connectivity index (χ4n) is 2.62. The van der Waals surface area contributed by atoms with Gasteiger partial charge in [0, 0.05) is 11.8 Å². The van der Waals surface area contributed by atoms with Crippen LogP contribution in [0.1, 0.15) is 5.56 Å². The molecule has 3 rings (SSSR count). The third-order valence-electron chi connectivity index (χ3n) is 3.86. The number of para-hydroxylation sites is 2. The molecule has 0 fully saturated rings. The number of rotatable bonds is 6. The van der Waals surface area contributed by atoms with Crippen molar-refractivity contribution in [3.63, 3.8) is 0 Å². The second-order valence-electron chi connectivity index (χ2n) is 5.41. The summed E-state index contributed by atoms with van der Waals surface area (Å²) in [6.07, 6.45) is 1.66. The Morgan fingerprint density at radius 1 is 1.00 bits per heavy atom. The molecule has 7 heteroatoms. The third kappa shape index (κ3) is 3.18. The Morgan fingerprint density at radius 3 is 2.00 bits per heavy atom. The molecule has 0 atom stereocenters. The maximum absolute atomic E-state index is 5.90. The van der Waals surface area contributed by atoms with Crippen LogP contribution in [0.2, 0.25) is 0 Å². The van der Waals surface area contributed by atoms with E-state index in [1.807, 2.05) is 24.3 Å². The van der Waals surface area contributed by atoms with Crippen molar-refractivity contribution in [3.05, 3.63) is 52.7 Å². The summed E-state index contributed by atoms with van der Waals surface area (Å²) >= 11 is 0. The van der Waals surface area contributed by atoms with Crippen LogP contribution in [0.5, 0.6) is 17.2 Å². The highest BCUT2D eigenvalue weighted by Gasteiger charge is 2.28. The molecule has 2 N–H and O–H groups in total. The SMILES string of the molecule is COc1cc(C=NC2(CN)N=c3ccccc3=N2)cc(OC)c1OC. The minimum atomic E-state index is -1.04. The molecule has 0 saturated heterocycles. The summed E-state index contributed by atoms with van der Waals surface area (Å²) in [5.74, 6) is 0.588. The smallest absolute Gasteiger partial charge is 0.258 e. The van der Waals surface area contributed by atoms with Crippen molar-refractivity contribution < 1.29 is 14.2 Å². The summed E-state index contributed by atoms with van der Waals surface area (Å²) in [7, 11) is 4.70. The molecule has 2 aromatic carbocycles. The molecule has 1 aliphatic heterocycles. The van der Waals surface area contributed by atoms with E-state index in [0.29, 0.717) is 17.2 Å². The summed E-state index contributed by atoms with van der Waals surface area (Å²) in [5, 5.41) is 1.57. The van der Waals surface area contributed by atoms with Crippen LogP contribution in [-0.2, 0) is 0 Å². The lowest BCUT2D eigenvalue weighted by Crippen LogP contribution is -2.31. The van der Waals surface area contributed by atoms with Gasteiger partial charge >= 0.3 is 0 Å². The van der Waals surface area contributed by atoms with Gasteiger partial charge in [-0.25, -0.2) is 15.0 Å². The van der Waals surface area contributed by atoms with Crippen LogP contribution in [0.3, 0.4) is 0 Å². The topological polar surface area (TPSA) is 90.8 Å². The molecule has 0 spiro atoms. The number of hydrogen-bond acceptors (Lipinski definition) is 7. The second kappa shape index (κ2) is 6.90. The van der Waals surface area contributed by atoms with E-state index in [0.717, 1.165) is 16.3 Å². The Morgan fingerprint density at radius 2 is 1.56 bits per heavy atom. The van der Waals surface area contributed by atoms with Gasteiger partial charge in [-0.3, -0.25) is 0 Å². The van der Waals surface area contributed by atoms with Gasteiger partial charge in [-0.2, -0.15) is 0 Å². The zero-order valence-electron chi connectivity index (χ0n) is 14.4. The number of fused-ring (bicyclic) bond motifs is 1. The maximum atomic E-state index is 5.90. The number of methoxy groups -OCH3 is 3. The van der Waals surface area contributed by atoms with E-state index in [2.05, 4.69) is 15.0 Å². The molecule has 130 valence electrons. The van der Waals surface area contributed by atoms with Gasteiger partial charge in [0.15, 0.2) is 11.5 Å². The summed E-state index contributed by atoms with van der Waals surface area (Å²) in [6, 6.07) is 11.2. The Bertz CT molecular complexity index is 864. The Hall–Kier alpha value is -2.93. The average molecular weight is 340 g/mol. The van der Waals surface area contributed by atoms with Crippen molar-refractivity contribution in [2.24, 2.45) is 20.7 Å². The molecule has 0 saturated carbocycles. The van der Waals surface area contributed by atoms with E-state index < -0.39 is 5.79 Å². The maximum Gasteiger partial charge on any atom is 0.258 e. The van der Waals surface area contributed by atoms with Gasteiger partial charge in [-0.1, -0.05) is 12.1 Å². The molecule has 0 bridgehead atoms. The van der Waals surface area contributed by atoms with Crippen LogP contribution < -0.4 is 30.7 Å². The van der Waals surface area contributed by atoms with Gasteiger partial charge in [0.1, 0.15) is 0 Å². The first-order chi connectivity index (χ1) is 12.1. The predicted octanol–water partition coefficient (Wildman–Crippen LogP) is 0.697. The Balaban J connectivity index is 2.00. The number of hydrogen-bond donors (Lipinski definition) is 1. The fourth-order valence-corrected chi connectivity index (χ4v) is 2.62. The van der Waals surface area contributed by atoms with Gasteiger partial charge in [0.25, 0.3) is 5.79 Å². The van der Waals surface area contributed by atoms with Crippen LogP contribution in [-0.4, -0.2) is 39.9 Å². The van der Waals surface area contributed by atoms with Crippen molar-refractivity contribution in [1.82, 2.24) is 0 Å². The molecule has 1 heterocycles. The molecule has 0 amide bonds. The van der Waals surface area contributed by atoms with Crippen molar-refractivity contribution in [3.8, 4) is 17.2 Å². The normalized spacial score (nSPS) is 14.6. The molecule has 0 radical (unpaired) electrons. The van der Waals surface area contributed by atoms with Crippen LogP contribution >= 0.6 is 0 Å². The highest BCUT2D eigenvalue weighted by Crippen LogP contribution is 2.37. The third-order valence-corrected chi connectivity index (χ3v) is 3.86. The average Bonchev–Trinajstić information content (AvgIpc) is 3.04. The van der Waals surface area contributed by atoms with Crippen LogP contribution in [0.15, 0.2) is 51.4 Å². The lowest BCUT2D eigenvalue weighted by Gasteiger charge is -2.16. The zero-order chi connectivity index (χ0) is 17.9. The minimum Gasteiger partial charge on any atom is -0.493 e. The lowest BCUT2D eigenvalue weighted by atomic mass is 10.2. The minimum absolute atomic E-state index is 0.169. The first-order valence-corrected chi connectivity index (χ1v) is 7.75. The van der Waals surface area contributed by atoms with Gasteiger partial charge in [0.05, 0.1) is 38.6 Å². The quantitative estimate of drug-likeness (QED) is 0.784. The van der Waals surface area contributed by atoms with Crippen LogP contribution in [0, 0.1) is 0 Å². The summed E-state index contributed by atoms with van der Waals surface area (Å²) < 4.78 is 16.0. The molecule has 25 heavy (non-hydrogen) atoms. The summed E-state index contributed by atoms with van der Waals surface area (Å²) in [5.41, 5.74) is 6.67. The summed E-state index contributed by atoms with van der Waals surface area (Å²) in [6.45, 7) is 0.169. The fraction of sp³-hybridized carbons (Fsp3) is 0.278. The molecular weight excluding hydrogens is 320 g/mol. The number of benzene rings is 2. The van der Waals surface area contributed by atoms with E-state index in [-0.39, 0.29) is 6.54 Å². The molecule has 0 aromatic heterocycles. The molecule has 0 unspecified atom stereocenters. The Labute approximate surface area is 145 Å². The monoisotopic (exact) mass is 340 g/mol. The standard InChI is InChI=1S/C18H20N4O3/c1-23-15-8-12(9-16(24-2)17(15)25-3)10-20-18(11-19)21-13-6-4-5-7-14(13)22-18/h4-10H,11,19H2,1-3H3. The second-order valence-corrected chi connectivity index (χ2v) is 5.41. The number of nitrogens with zero attached hydrogens (tertiary/aromatic N) is 3. The van der Waals surface area contributed by atoms with Crippen LogP contribution in [0.4, 0.5) is 0 Å². The lowest BCUT2D eigenvalue weighted by molar-refractivity contribution is 0.324. The molecule has 0 aliphatic carbocycles. The van der Waals surface area contributed by atoms with Crippen molar-refractivity contribution in [2.75, 3.05) is 27.9 Å².